The van der Waals surface area contributed by atoms with Crippen molar-refractivity contribution in [1.82, 2.24) is 0 Å². The smallest absolute Gasteiger partial charge is 0.309 e. The standard InChI is InChI=1S/C30H40O5Si/c1-21(2)36(22(3)4,23(5)6)35-27-16-17-30(33-20-27)28(18-29(31)34-30)25-12-14-26(15-13-25)32-19-24-10-8-7-9-11-24/h7-17,21-23,27-28H,18-20H2,1-6H3/t27-,28-,30+/m0/s1. The first-order valence-corrected chi connectivity index (χ1v) is 15.3. The Bertz CT molecular complexity index is 1020. The van der Waals surface area contributed by atoms with Crippen LogP contribution in [-0.2, 0) is 25.3 Å². The normalized spacial score (nSPS) is 24.2. The molecule has 0 amide bonds. The number of ether oxygens (including phenoxy) is 3. The molecule has 0 bridgehead atoms. The minimum absolute atomic E-state index is 0.136. The molecule has 0 radical (unpaired) electrons. The molecule has 0 aromatic heterocycles. The van der Waals surface area contributed by atoms with Crippen molar-refractivity contribution in [3.05, 3.63) is 77.9 Å². The van der Waals surface area contributed by atoms with Crippen LogP contribution in [0.4, 0.5) is 0 Å². The van der Waals surface area contributed by atoms with Gasteiger partial charge in [-0.1, -0.05) is 90.1 Å². The highest BCUT2D eigenvalue weighted by atomic mass is 28.4. The molecule has 1 spiro atoms. The predicted molar refractivity (Wildman–Crippen MR) is 144 cm³/mol. The third-order valence-electron chi connectivity index (χ3n) is 7.74. The van der Waals surface area contributed by atoms with Crippen LogP contribution in [0, 0.1) is 0 Å². The fraction of sp³-hybridized carbons (Fsp3) is 0.500. The predicted octanol–water partition coefficient (Wildman–Crippen LogP) is 7.14. The van der Waals surface area contributed by atoms with Gasteiger partial charge in [0.15, 0.2) is 0 Å². The molecule has 2 aliphatic heterocycles. The van der Waals surface area contributed by atoms with Crippen LogP contribution in [0.15, 0.2) is 66.7 Å². The fourth-order valence-corrected chi connectivity index (χ4v) is 11.6. The Morgan fingerprint density at radius 1 is 0.944 bits per heavy atom. The molecule has 194 valence electrons. The molecule has 2 aliphatic rings. The highest BCUT2D eigenvalue weighted by Crippen LogP contribution is 2.47. The SMILES string of the molecule is CC(C)[Si](O[C@H]1C=C[C@@]2(OC1)OC(=O)C[C@H]2c1ccc(OCc2ccccc2)cc1)(C(C)C)C(C)C. The Morgan fingerprint density at radius 3 is 2.14 bits per heavy atom. The fourth-order valence-electron chi connectivity index (χ4n) is 6.07. The average Bonchev–Trinajstić information content (AvgIpc) is 3.18. The van der Waals surface area contributed by atoms with E-state index < -0.39 is 14.1 Å². The van der Waals surface area contributed by atoms with Gasteiger partial charge in [-0.25, -0.2) is 0 Å². The van der Waals surface area contributed by atoms with Crippen molar-refractivity contribution >= 4 is 14.3 Å². The molecular formula is C30H40O5Si. The summed E-state index contributed by atoms with van der Waals surface area (Å²) in [6, 6.07) is 18.0. The van der Waals surface area contributed by atoms with Gasteiger partial charge in [-0.2, -0.15) is 0 Å². The van der Waals surface area contributed by atoms with Gasteiger partial charge < -0.3 is 18.6 Å². The summed E-state index contributed by atoms with van der Waals surface area (Å²) in [4.78, 5) is 12.4. The van der Waals surface area contributed by atoms with Crippen LogP contribution in [0.3, 0.4) is 0 Å². The van der Waals surface area contributed by atoms with E-state index >= 15 is 0 Å². The summed E-state index contributed by atoms with van der Waals surface area (Å²) in [5.74, 6) is -0.759. The second kappa shape index (κ2) is 10.9. The number of hydrogen-bond donors (Lipinski definition) is 0. The molecule has 3 atom stereocenters. The van der Waals surface area contributed by atoms with Gasteiger partial charge in [-0.05, 0) is 46.0 Å². The number of rotatable bonds is 9. The van der Waals surface area contributed by atoms with Crippen molar-refractivity contribution in [1.29, 1.82) is 0 Å². The van der Waals surface area contributed by atoms with Crippen molar-refractivity contribution in [2.75, 3.05) is 6.61 Å². The molecular weight excluding hydrogens is 468 g/mol. The van der Waals surface area contributed by atoms with Gasteiger partial charge in [0.1, 0.15) is 12.4 Å². The number of benzene rings is 2. The Kier molecular flexibility index (Phi) is 8.08. The Labute approximate surface area is 216 Å². The highest BCUT2D eigenvalue weighted by Gasteiger charge is 2.53. The van der Waals surface area contributed by atoms with Gasteiger partial charge in [0, 0.05) is 0 Å². The molecule has 6 heteroatoms. The maximum atomic E-state index is 12.4. The Hall–Kier alpha value is -2.41. The van der Waals surface area contributed by atoms with E-state index in [0.717, 1.165) is 16.9 Å². The average molecular weight is 509 g/mol. The minimum Gasteiger partial charge on any atom is -0.489 e. The summed E-state index contributed by atoms with van der Waals surface area (Å²) in [6.45, 7) is 14.6. The van der Waals surface area contributed by atoms with Gasteiger partial charge in [0.25, 0.3) is 0 Å². The van der Waals surface area contributed by atoms with E-state index in [4.69, 9.17) is 18.6 Å². The summed E-state index contributed by atoms with van der Waals surface area (Å²) < 4.78 is 24.9. The molecule has 1 fully saturated rings. The number of carbonyl (C=O) groups is 1. The number of carbonyl (C=O) groups excluding carboxylic acids is 1. The van der Waals surface area contributed by atoms with E-state index in [0.29, 0.717) is 29.8 Å². The third-order valence-corrected chi connectivity index (χ3v) is 13.9. The quantitative estimate of drug-likeness (QED) is 0.205. The number of hydrogen-bond acceptors (Lipinski definition) is 5. The van der Waals surface area contributed by atoms with Crippen molar-refractivity contribution in [2.24, 2.45) is 0 Å². The highest BCUT2D eigenvalue weighted by molar-refractivity contribution is 6.77. The Balaban J connectivity index is 1.48. The molecule has 0 saturated carbocycles. The van der Waals surface area contributed by atoms with Gasteiger partial charge in [0.2, 0.25) is 14.1 Å². The summed E-state index contributed by atoms with van der Waals surface area (Å²) in [5.41, 5.74) is 3.57. The summed E-state index contributed by atoms with van der Waals surface area (Å²) in [6.07, 6.45) is 4.11. The van der Waals surface area contributed by atoms with Crippen molar-refractivity contribution in [3.8, 4) is 5.75 Å². The van der Waals surface area contributed by atoms with Crippen molar-refractivity contribution < 1.29 is 23.4 Å². The topological polar surface area (TPSA) is 54.0 Å². The third kappa shape index (κ3) is 5.31. The summed E-state index contributed by atoms with van der Waals surface area (Å²) in [5, 5.41) is 0. The van der Waals surface area contributed by atoms with Crippen LogP contribution in [0.1, 0.15) is 65.0 Å². The molecule has 2 heterocycles. The zero-order valence-corrected chi connectivity index (χ0v) is 23.4. The monoisotopic (exact) mass is 508 g/mol. The maximum absolute atomic E-state index is 12.4. The lowest BCUT2D eigenvalue weighted by molar-refractivity contribution is -0.204. The van der Waals surface area contributed by atoms with Gasteiger partial charge in [-0.15, -0.1) is 0 Å². The largest absolute Gasteiger partial charge is 0.489 e. The van der Waals surface area contributed by atoms with Crippen LogP contribution in [0.2, 0.25) is 16.6 Å². The number of esters is 1. The molecule has 0 N–H and O–H groups in total. The molecule has 0 unspecified atom stereocenters. The van der Waals surface area contributed by atoms with Crippen LogP contribution in [-0.4, -0.2) is 32.8 Å². The van der Waals surface area contributed by atoms with Crippen LogP contribution in [0.5, 0.6) is 5.75 Å². The zero-order chi connectivity index (χ0) is 25.9. The molecule has 1 saturated heterocycles. The lowest BCUT2D eigenvalue weighted by atomic mass is 9.88. The second-order valence-electron chi connectivity index (χ2n) is 10.9. The van der Waals surface area contributed by atoms with E-state index in [2.05, 4.69) is 47.6 Å². The van der Waals surface area contributed by atoms with Crippen LogP contribution < -0.4 is 4.74 Å². The summed E-state index contributed by atoms with van der Waals surface area (Å²) in [7, 11) is -2.05. The van der Waals surface area contributed by atoms with Crippen molar-refractivity contribution in [2.45, 2.75) is 89.0 Å². The van der Waals surface area contributed by atoms with Crippen LogP contribution >= 0.6 is 0 Å². The molecule has 5 nitrogen and oxygen atoms in total. The minimum atomic E-state index is -2.05. The van der Waals surface area contributed by atoms with Gasteiger partial charge in [0.05, 0.1) is 25.0 Å². The van der Waals surface area contributed by atoms with E-state index in [9.17, 15) is 4.79 Å². The van der Waals surface area contributed by atoms with Gasteiger partial charge >= 0.3 is 5.97 Å². The first kappa shape index (κ1) is 26.6. The Morgan fingerprint density at radius 2 is 1.58 bits per heavy atom. The maximum Gasteiger partial charge on any atom is 0.309 e. The van der Waals surface area contributed by atoms with Crippen molar-refractivity contribution in [3.63, 3.8) is 0 Å². The zero-order valence-electron chi connectivity index (χ0n) is 22.4. The lowest BCUT2D eigenvalue weighted by Gasteiger charge is -2.45. The van der Waals surface area contributed by atoms with Crippen LogP contribution in [0.25, 0.3) is 0 Å². The molecule has 0 aliphatic carbocycles. The second-order valence-corrected chi connectivity index (χ2v) is 16.3. The summed E-state index contributed by atoms with van der Waals surface area (Å²) >= 11 is 0. The molecule has 2 aromatic carbocycles. The van der Waals surface area contributed by atoms with E-state index in [1.807, 2.05) is 60.7 Å². The first-order chi connectivity index (χ1) is 17.2. The lowest BCUT2D eigenvalue weighted by Crippen LogP contribution is -2.52. The van der Waals surface area contributed by atoms with E-state index in [1.54, 1.807) is 0 Å². The molecule has 36 heavy (non-hydrogen) atoms. The van der Waals surface area contributed by atoms with E-state index in [-0.39, 0.29) is 24.4 Å². The van der Waals surface area contributed by atoms with Gasteiger partial charge in [-0.3, -0.25) is 4.79 Å². The molecule has 2 aromatic rings. The molecule has 4 rings (SSSR count). The first-order valence-electron chi connectivity index (χ1n) is 13.2. The van der Waals surface area contributed by atoms with E-state index in [1.165, 1.54) is 0 Å².